The molecule has 0 aliphatic rings. The molecule has 114 valence electrons. The summed E-state index contributed by atoms with van der Waals surface area (Å²) in [6.07, 6.45) is 1.19. The van der Waals surface area contributed by atoms with Gasteiger partial charge in [-0.2, -0.15) is 0 Å². The van der Waals surface area contributed by atoms with Crippen molar-refractivity contribution >= 4 is 0 Å². The second kappa shape index (κ2) is 9.06. The Kier molecular flexibility index (Phi) is 7.73. The first-order chi connectivity index (χ1) is 9.47. The van der Waals surface area contributed by atoms with Crippen LogP contribution in [0.4, 0.5) is 0 Å². The average molecular weight is 278 g/mol. The van der Waals surface area contributed by atoms with E-state index in [1.54, 1.807) is 0 Å². The molecule has 0 fully saturated rings. The molecule has 1 aromatic rings. The fourth-order valence-corrected chi connectivity index (χ4v) is 2.04. The Morgan fingerprint density at radius 3 is 2.45 bits per heavy atom. The van der Waals surface area contributed by atoms with Gasteiger partial charge in [0, 0.05) is 19.1 Å². The molecule has 4 heteroatoms. The lowest BCUT2D eigenvalue weighted by Gasteiger charge is -2.18. The van der Waals surface area contributed by atoms with Crippen molar-refractivity contribution in [2.45, 2.75) is 39.4 Å². The van der Waals surface area contributed by atoms with Gasteiger partial charge in [-0.1, -0.05) is 19.9 Å². The molecule has 0 aliphatic heterocycles. The number of nitrogens with one attached hydrogen (secondary N) is 1. The fraction of sp³-hybridized carbons (Fsp3) is 0.688. The lowest BCUT2D eigenvalue weighted by Crippen LogP contribution is -2.25. The van der Waals surface area contributed by atoms with Crippen LogP contribution in [0.15, 0.2) is 18.2 Å². The van der Waals surface area contributed by atoms with E-state index >= 15 is 0 Å². The number of hydrogen-bond donors (Lipinski definition) is 1. The van der Waals surface area contributed by atoms with E-state index in [9.17, 15) is 0 Å². The molecule has 0 spiro atoms. The number of nitrogens with zero attached hydrogens (tertiary/aromatic N) is 3. The number of hydrogen-bond acceptors (Lipinski definition) is 4. The van der Waals surface area contributed by atoms with Crippen LogP contribution in [0.25, 0.3) is 0 Å². The predicted octanol–water partition coefficient (Wildman–Crippen LogP) is 1.96. The zero-order valence-electron chi connectivity index (χ0n) is 13.7. The third-order valence-electron chi connectivity index (χ3n) is 3.13. The zero-order chi connectivity index (χ0) is 15.0. The maximum atomic E-state index is 4.71. The summed E-state index contributed by atoms with van der Waals surface area (Å²) in [7, 11) is 6.40. The summed E-state index contributed by atoms with van der Waals surface area (Å²) < 4.78 is 0. The summed E-state index contributed by atoms with van der Waals surface area (Å²) in [5.74, 6) is 0. The molecule has 0 aliphatic carbocycles. The molecule has 4 nitrogen and oxygen atoms in total. The Morgan fingerprint density at radius 2 is 1.80 bits per heavy atom. The van der Waals surface area contributed by atoms with Crippen LogP contribution in [0.3, 0.4) is 0 Å². The van der Waals surface area contributed by atoms with Crippen LogP contribution in [-0.2, 0) is 13.1 Å². The second-order valence-electron chi connectivity index (χ2n) is 6.05. The molecule has 0 bridgehead atoms. The van der Waals surface area contributed by atoms with Gasteiger partial charge in [-0.15, -0.1) is 0 Å². The van der Waals surface area contributed by atoms with Crippen LogP contribution in [0.2, 0.25) is 0 Å². The molecular formula is C16H30N4. The first-order valence-corrected chi connectivity index (χ1v) is 7.49. The van der Waals surface area contributed by atoms with Gasteiger partial charge in [0.25, 0.3) is 0 Å². The monoisotopic (exact) mass is 278 g/mol. The first-order valence-electron chi connectivity index (χ1n) is 7.49. The van der Waals surface area contributed by atoms with Crippen molar-refractivity contribution in [1.82, 2.24) is 20.1 Å². The summed E-state index contributed by atoms with van der Waals surface area (Å²) in [5.41, 5.74) is 2.28. The molecule has 0 saturated carbocycles. The normalized spacial score (nSPS) is 11.8. The van der Waals surface area contributed by atoms with E-state index in [-0.39, 0.29) is 0 Å². The van der Waals surface area contributed by atoms with E-state index in [0.717, 1.165) is 37.6 Å². The number of rotatable bonds is 9. The van der Waals surface area contributed by atoms with Crippen molar-refractivity contribution < 1.29 is 0 Å². The summed E-state index contributed by atoms with van der Waals surface area (Å²) in [4.78, 5) is 9.28. The third-order valence-corrected chi connectivity index (χ3v) is 3.13. The predicted molar refractivity (Wildman–Crippen MR) is 85.7 cm³/mol. The topological polar surface area (TPSA) is 31.4 Å². The number of pyridine rings is 1. The van der Waals surface area contributed by atoms with Gasteiger partial charge in [-0.3, -0.25) is 4.98 Å². The van der Waals surface area contributed by atoms with Crippen molar-refractivity contribution in [3.05, 3.63) is 29.6 Å². The van der Waals surface area contributed by atoms with E-state index in [1.165, 1.54) is 6.42 Å². The van der Waals surface area contributed by atoms with Crippen molar-refractivity contribution in [2.24, 2.45) is 0 Å². The third kappa shape index (κ3) is 7.58. The van der Waals surface area contributed by atoms with Gasteiger partial charge < -0.3 is 15.1 Å². The molecule has 20 heavy (non-hydrogen) atoms. The Hall–Kier alpha value is -0.970. The van der Waals surface area contributed by atoms with Gasteiger partial charge in [-0.25, -0.2) is 0 Å². The minimum Gasteiger partial charge on any atom is -0.309 e. The molecule has 0 unspecified atom stereocenters. The molecule has 1 heterocycles. The van der Waals surface area contributed by atoms with Crippen LogP contribution in [0.5, 0.6) is 0 Å². The highest BCUT2D eigenvalue weighted by Gasteiger charge is 2.03. The molecule has 1 rings (SSSR count). The summed E-state index contributed by atoms with van der Waals surface area (Å²) in [6, 6.07) is 6.80. The zero-order valence-corrected chi connectivity index (χ0v) is 13.7. The van der Waals surface area contributed by atoms with Gasteiger partial charge in [-0.05, 0) is 52.8 Å². The quantitative estimate of drug-likeness (QED) is 0.748. The van der Waals surface area contributed by atoms with E-state index in [2.05, 4.69) is 68.3 Å². The smallest absolute Gasteiger partial charge is 0.0547 e. The molecule has 0 radical (unpaired) electrons. The van der Waals surface area contributed by atoms with E-state index in [4.69, 9.17) is 4.98 Å². The van der Waals surface area contributed by atoms with Crippen molar-refractivity contribution in [2.75, 3.05) is 34.2 Å². The van der Waals surface area contributed by atoms with Crippen LogP contribution in [-0.4, -0.2) is 55.1 Å². The van der Waals surface area contributed by atoms with Gasteiger partial charge in [0.15, 0.2) is 0 Å². The molecular weight excluding hydrogens is 248 g/mol. The van der Waals surface area contributed by atoms with Gasteiger partial charge >= 0.3 is 0 Å². The Balaban J connectivity index is 2.40. The summed E-state index contributed by atoms with van der Waals surface area (Å²) >= 11 is 0. The molecule has 0 aromatic carbocycles. The first kappa shape index (κ1) is 17.1. The molecule has 0 atom stereocenters. The second-order valence-corrected chi connectivity index (χ2v) is 6.05. The highest BCUT2D eigenvalue weighted by Crippen LogP contribution is 2.03. The molecule has 0 saturated heterocycles. The minimum absolute atomic E-state index is 0.495. The largest absolute Gasteiger partial charge is 0.309 e. The minimum atomic E-state index is 0.495. The Morgan fingerprint density at radius 1 is 1.10 bits per heavy atom. The summed E-state index contributed by atoms with van der Waals surface area (Å²) in [5, 5.41) is 3.41. The lowest BCUT2D eigenvalue weighted by molar-refractivity contribution is 0.292. The fourth-order valence-electron chi connectivity index (χ4n) is 2.04. The average Bonchev–Trinajstić information content (AvgIpc) is 2.36. The Bertz CT molecular complexity index is 376. The van der Waals surface area contributed by atoms with Gasteiger partial charge in [0.2, 0.25) is 0 Å². The maximum absolute atomic E-state index is 4.71. The van der Waals surface area contributed by atoms with Crippen LogP contribution < -0.4 is 5.32 Å². The van der Waals surface area contributed by atoms with Gasteiger partial charge in [0.05, 0.1) is 11.4 Å². The summed E-state index contributed by atoms with van der Waals surface area (Å²) in [6.45, 7) is 8.31. The SMILES string of the molecule is CC(C)NCc1cccc(CN(C)CCCN(C)C)n1. The van der Waals surface area contributed by atoms with Crippen LogP contribution in [0.1, 0.15) is 31.7 Å². The molecule has 1 N–H and O–H groups in total. The van der Waals surface area contributed by atoms with E-state index in [0.29, 0.717) is 6.04 Å². The molecule has 0 amide bonds. The van der Waals surface area contributed by atoms with Crippen molar-refractivity contribution in [3.8, 4) is 0 Å². The van der Waals surface area contributed by atoms with Gasteiger partial charge in [0.1, 0.15) is 0 Å². The van der Waals surface area contributed by atoms with Crippen LogP contribution >= 0.6 is 0 Å². The lowest BCUT2D eigenvalue weighted by atomic mass is 10.2. The highest BCUT2D eigenvalue weighted by molar-refractivity contribution is 5.11. The standard InChI is InChI=1S/C16H30N4/c1-14(2)17-12-15-8-6-9-16(18-15)13-20(5)11-7-10-19(3)4/h6,8-9,14,17H,7,10-13H2,1-5H3. The van der Waals surface area contributed by atoms with Crippen LogP contribution in [0, 0.1) is 0 Å². The highest BCUT2D eigenvalue weighted by atomic mass is 15.1. The maximum Gasteiger partial charge on any atom is 0.0547 e. The number of aromatic nitrogens is 1. The van der Waals surface area contributed by atoms with E-state index in [1.807, 2.05) is 0 Å². The molecule has 1 aromatic heterocycles. The van der Waals surface area contributed by atoms with E-state index < -0.39 is 0 Å². The Labute approximate surface area is 124 Å². The van der Waals surface area contributed by atoms with Crippen molar-refractivity contribution in [1.29, 1.82) is 0 Å². The van der Waals surface area contributed by atoms with Crippen molar-refractivity contribution in [3.63, 3.8) is 0 Å².